The van der Waals surface area contributed by atoms with Crippen molar-refractivity contribution in [2.45, 2.75) is 6.42 Å². The highest BCUT2D eigenvalue weighted by Gasteiger charge is 2.04. The van der Waals surface area contributed by atoms with Crippen LogP contribution in [-0.4, -0.2) is 17.2 Å². The molecule has 1 heterocycles. The molecule has 0 bridgehead atoms. The van der Waals surface area contributed by atoms with Crippen LogP contribution in [0.4, 0.5) is 4.79 Å². The van der Waals surface area contributed by atoms with Gasteiger partial charge in [-0.1, -0.05) is 28.1 Å². The van der Waals surface area contributed by atoms with Crippen molar-refractivity contribution in [3.05, 3.63) is 83.1 Å². The number of halogens is 1. The highest BCUT2D eigenvalue weighted by Crippen LogP contribution is 2.15. The van der Waals surface area contributed by atoms with Gasteiger partial charge in [0.15, 0.2) is 0 Å². The second-order valence-corrected chi connectivity index (χ2v) is 6.19. The maximum Gasteiger partial charge on any atom is 0.412 e. The van der Waals surface area contributed by atoms with Crippen LogP contribution >= 0.6 is 15.9 Å². The summed E-state index contributed by atoms with van der Waals surface area (Å²) in [4.78, 5) is 11.8. The van der Waals surface area contributed by atoms with Crippen LogP contribution in [-0.2, 0) is 6.42 Å². The van der Waals surface area contributed by atoms with Gasteiger partial charge in [0.25, 0.3) is 0 Å². The molecule has 1 amide bonds. The molecule has 0 atom stereocenters. The first-order chi connectivity index (χ1) is 11.7. The first-order valence-electron chi connectivity index (χ1n) is 7.64. The van der Waals surface area contributed by atoms with Crippen molar-refractivity contribution in [3.63, 3.8) is 0 Å². The molecule has 0 saturated carbocycles. The second-order valence-electron chi connectivity index (χ2n) is 5.28. The third kappa shape index (κ3) is 4.49. The Morgan fingerprint density at radius 1 is 1.00 bits per heavy atom. The van der Waals surface area contributed by atoms with Crippen LogP contribution in [0.3, 0.4) is 0 Å². The van der Waals surface area contributed by atoms with E-state index < -0.39 is 6.09 Å². The molecule has 0 spiro atoms. The number of hydrogen-bond acceptors (Lipinski definition) is 2. The Balaban J connectivity index is 1.47. The standard InChI is InChI=1S/C19H17BrN2O2/c20-16-5-3-15(4-6-16)11-12-21-19(23)24-18-9-7-17(8-10-18)22-13-1-2-14-22/h1-10,13-14H,11-12H2,(H,21,23). The summed E-state index contributed by atoms with van der Waals surface area (Å²) in [6.45, 7) is 0.530. The van der Waals surface area contributed by atoms with E-state index in [0.29, 0.717) is 12.3 Å². The molecule has 0 saturated heterocycles. The molecule has 0 aliphatic heterocycles. The molecule has 3 rings (SSSR count). The van der Waals surface area contributed by atoms with Gasteiger partial charge >= 0.3 is 6.09 Å². The van der Waals surface area contributed by atoms with Gasteiger partial charge in [-0.05, 0) is 60.5 Å². The minimum absolute atomic E-state index is 0.444. The van der Waals surface area contributed by atoms with Crippen molar-refractivity contribution in [1.82, 2.24) is 9.88 Å². The van der Waals surface area contributed by atoms with E-state index >= 15 is 0 Å². The van der Waals surface area contributed by atoms with E-state index in [0.717, 1.165) is 22.1 Å². The predicted octanol–water partition coefficient (Wildman–Crippen LogP) is 4.57. The van der Waals surface area contributed by atoms with Crippen LogP contribution in [0.1, 0.15) is 5.56 Å². The van der Waals surface area contributed by atoms with E-state index in [-0.39, 0.29) is 0 Å². The Labute approximate surface area is 149 Å². The monoisotopic (exact) mass is 384 g/mol. The molecule has 122 valence electrons. The fraction of sp³-hybridized carbons (Fsp3) is 0.105. The van der Waals surface area contributed by atoms with Crippen molar-refractivity contribution in [2.75, 3.05) is 6.54 Å². The molecule has 1 aromatic heterocycles. The SMILES string of the molecule is O=C(NCCc1ccc(Br)cc1)Oc1ccc(-n2cccc2)cc1. The lowest BCUT2D eigenvalue weighted by molar-refractivity contribution is 0.200. The van der Waals surface area contributed by atoms with Gasteiger partial charge in [-0.2, -0.15) is 0 Å². The quantitative estimate of drug-likeness (QED) is 0.699. The molecule has 0 radical (unpaired) electrons. The summed E-state index contributed by atoms with van der Waals surface area (Å²) in [7, 11) is 0. The Hall–Kier alpha value is -2.53. The molecule has 0 aliphatic carbocycles. The zero-order valence-corrected chi connectivity index (χ0v) is 14.6. The highest BCUT2D eigenvalue weighted by molar-refractivity contribution is 9.10. The lowest BCUT2D eigenvalue weighted by Crippen LogP contribution is -2.28. The minimum atomic E-state index is -0.444. The number of rotatable bonds is 5. The average molecular weight is 385 g/mol. The highest BCUT2D eigenvalue weighted by atomic mass is 79.9. The van der Waals surface area contributed by atoms with Gasteiger partial charge in [0.2, 0.25) is 0 Å². The van der Waals surface area contributed by atoms with Gasteiger partial charge in [0, 0.05) is 29.1 Å². The maximum absolute atomic E-state index is 11.8. The van der Waals surface area contributed by atoms with Gasteiger partial charge in [-0.25, -0.2) is 4.79 Å². The van der Waals surface area contributed by atoms with Gasteiger partial charge < -0.3 is 14.6 Å². The lowest BCUT2D eigenvalue weighted by atomic mass is 10.1. The second kappa shape index (κ2) is 7.84. The van der Waals surface area contributed by atoms with E-state index in [1.165, 1.54) is 0 Å². The normalized spacial score (nSPS) is 10.4. The Morgan fingerprint density at radius 2 is 1.67 bits per heavy atom. The zero-order valence-electron chi connectivity index (χ0n) is 13.0. The van der Waals surface area contributed by atoms with E-state index in [9.17, 15) is 4.79 Å². The van der Waals surface area contributed by atoms with Crippen LogP contribution in [0.15, 0.2) is 77.5 Å². The largest absolute Gasteiger partial charge is 0.412 e. The molecule has 1 N–H and O–H groups in total. The molecule has 5 heteroatoms. The van der Waals surface area contributed by atoms with E-state index in [4.69, 9.17) is 4.74 Å². The molecule has 0 fully saturated rings. The number of carbonyl (C=O) groups is 1. The molecule has 0 unspecified atom stereocenters. The average Bonchev–Trinajstić information content (AvgIpc) is 3.12. The molecule has 4 nitrogen and oxygen atoms in total. The number of ether oxygens (including phenoxy) is 1. The minimum Gasteiger partial charge on any atom is -0.410 e. The van der Waals surface area contributed by atoms with Crippen molar-refractivity contribution in [3.8, 4) is 11.4 Å². The molecule has 0 aliphatic rings. The van der Waals surface area contributed by atoms with Crippen molar-refractivity contribution in [1.29, 1.82) is 0 Å². The van der Waals surface area contributed by atoms with E-state index in [1.807, 2.05) is 65.5 Å². The molecule has 3 aromatic rings. The first-order valence-corrected chi connectivity index (χ1v) is 8.43. The number of hydrogen-bond donors (Lipinski definition) is 1. The molecule has 24 heavy (non-hydrogen) atoms. The topological polar surface area (TPSA) is 43.3 Å². The lowest BCUT2D eigenvalue weighted by Gasteiger charge is -2.08. The number of nitrogens with one attached hydrogen (secondary N) is 1. The van der Waals surface area contributed by atoms with Crippen LogP contribution in [0.25, 0.3) is 5.69 Å². The van der Waals surface area contributed by atoms with E-state index in [2.05, 4.69) is 21.2 Å². The predicted molar refractivity (Wildman–Crippen MR) is 97.6 cm³/mol. The summed E-state index contributed by atoms with van der Waals surface area (Å²) >= 11 is 3.40. The summed E-state index contributed by atoms with van der Waals surface area (Å²) in [5.41, 5.74) is 2.18. The number of benzene rings is 2. The van der Waals surface area contributed by atoms with Crippen LogP contribution in [0, 0.1) is 0 Å². The van der Waals surface area contributed by atoms with Crippen LogP contribution < -0.4 is 10.1 Å². The fourth-order valence-electron chi connectivity index (χ4n) is 2.30. The van der Waals surface area contributed by atoms with Gasteiger partial charge in [-0.15, -0.1) is 0 Å². The Kier molecular flexibility index (Phi) is 5.33. The summed E-state index contributed by atoms with van der Waals surface area (Å²) in [6, 6.07) is 19.3. The summed E-state index contributed by atoms with van der Waals surface area (Å²) in [5, 5.41) is 2.76. The summed E-state index contributed by atoms with van der Waals surface area (Å²) < 4.78 is 8.31. The van der Waals surface area contributed by atoms with Gasteiger partial charge in [0.1, 0.15) is 5.75 Å². The fourth-order valence-corrected chi connectivity index (χ4v) is 2.56. The van der Waals surface area contributed by atoms with Gasteiger partial charge in [0.05, 0.1) is 0 Å². The van der Waals surface area contributed by atoms with Crippen LogP contribution in [0.2, 0.25) is 0 Å². The summed E-state index contributed by atoms with van der Waals surface area (Å²) in [6.07, 6.45) is 4.24. The van der Waals surface area contributed by atoms with Crippen molar-refractivity contribution in [2.24, 2.45) is 0 Å². The maximum atomic E-state index is 11.8. The third-order valence-electron chi connectivity index (χ3n) is 3.55. The van der Waals surface area contributed by atoms with Crippen molar-refractivity contribution < 1.29 is 9.53 Å². The van der Waals surface area contributed by atoms with Crippen LogP contribution in [0.5, 0.6) is 5.75 Å². The van der Waals surface area contributed by atoms with Crippen molar-refractivity contribution >= 4 is 22.0 Å². The number of nitrogens with zero attached hydrogens (tertiary/aromatic N) is 1. The molecule has 2 aromatic carbocycles. The Morgan fingerprint density at radius 3 is 2.33 bits per heavy atom. The summed E-state index contributed by atoms with van der Waals surface area (Å²) in [5.74, 6) is 0.520. The zero-order chi connectivity index (χ0) is 16.8. The number of carbonyl (C=O) groups excluding carboxylic acids is 1. The smallest absolute Gasteiger partial charge is 0.410 e. The van der Waals surface area contributed by atoms with E-state index in [1.54, 1.807) is 12.1 Å². The third-order valence-corrected chi connectivity index (χ3v) is 4.07. The molecular formula is C19H17BrN2O2. The Bertz CT molecular complexity index is 781. The van der Waals surface area contributed by atoms with Gasteiger partial charge in [-0.3, -0.25) is 0 Å². The number of amides is 1. The molecular weight excluding hydrogens is 368 g/mol. The number of aromatic nitrogens is 1. The first kappa shape index (κ1) is 16.3.